The third-order valence-electron chi connectivity index (χ3n) is 4.16. The number of amides is 3. The molecule has 6 heteroatoms. The molecule has 2 rings (SSSR count). The van der Waals surface area contributed by atoms with E-state index in [1.54, 1.807) is 17.0 Å². The van der Waals surface area contributed by atoms with Crippen LogP contribution in [0.15, 0.2) is 24.3 Å². The molecule has 1 aliphatic rings. The van der Waals surface area contributed by atoms with Crippen LogP contribution in [0, 0.1) is 5.92 Å². The van der Waals surface area contributed by atoms with Crippen LogP contribution in [0.2, 0.25) is 0 Å². The Kier molecular flexibility index (Phi) is 5.73. The summed E-state index contributed by atoms with van der Waals surface area (Å²) in [6.07, 6.45) is 2.42. The van der Waals surface area contributed by atoms with Crippen LogP contribution in [0.4, 0.5) is 0 Å². The summed E-state index contributed by atoms with van der Waals surface area (Å²) < 4.78 is 0. The second-order valence-corrected chi connectivity index (χ2v) is 5.80. The van der Waals surface area contributed by atoms with Crippen molar-refractivity contribution < 1.29 is 14.4 Å². The quantitative estimate of drug-likeness (QED) is 0.824. The number of rotatable bonds is 3. The molecule has 0 bridgehead atoms. The first-order valence-corrected chi connectivity index (χ1v) is 7.96. The van der Waals surface area contributed by atoms with Crippen LogP contribution in [-0.4, -0.2) is 35.7 Å². The molecule has 0 spiro atoms. The fourth-order valence-corrected chi connectivity index (χ4v) is 2.66. The molecule has 0 aliphatic carbocycles. The van der Waals surface area contributed by atoms with Gasteiger partial charge in [-0.15, -0.1) is 0 Å². The van der Waals surface area contributed by atoms with E-state index in [0.29, 0.717) is 18.7 Å². The Bertz CT molecular complexity index is 583. The van der Waals surface area contributed by atoms with E-state index in [4.69, 9.17) is 0 Å². The highest BCUT2D eigenvalue weighted by Crippen LogP contribution is 2.16. The van der Waals surface area contributed by atoms with Gasteiger partial charge in [-0.1, -0.05) is 19.1 Å². The van der Waals surface area contributed by atoms with Gasteiger partial charge in [-0.25, -0.2) is 0 Å². The average Bonchev–Trinajstić information content (AvgIpc) is 2.59. The van der Waals surface area contributed by atoms with Crippen LogP contribution < -0.4 is 10.9 Å². The molecule has 0 radical (unpaired) electrons. The molecule has 124 valence electrons. The highest BCUT2D eigenvalue weighted by atomic mass is 16.2. The molecule has 1 fully saturated rings. The summed E-state index contributed by atoms with van der Waals surface area (Å²) >= 11 is 0. The summed E-state index contributed by atoms with van der Waals surface area (Å²) in [5, 5.41) is 0. The maximum Gasteiger partial charge on any atom is 0.269 e. The van der Waals surface area contributed by atoms with Crippen molar-refractivity contribution in [3.05, 3.63) is 35.4 Å². The number of benzene rings is 1. The van der Waals surface area contributed by atoms with Gasteiger partial charge in [0, 0.05) is 25.6 Å². The summed E-state index contributed by atoms with van der Waals surface area (Å²) in [5.41, 5.74) is 6.54. The number of aryl methyl sites for hydroxylation is 1. The van der Waals surface area contributed by atoms with Crippen LogP contribution in [0.5, 0.6) is 0 Å². The number of hydrogen-bond donors (Lipinski definition) is 2. The number of piperidine rings is 1. The Balaban J connectivity index is 1.85. The lowest BCUT2D eigenvalue weighted by molar-refractivity contribution is -0.134. The fraction of sp³-hybridized carbons (Fsp3) is 0.471. The van der Waals surface area contributed by atoms with Gasteiger partial charge in [0.1, 0.15) is 0 Å². The van der Waals surface area contributed by atoms with Crippen molar-refractivity contribution in [2.45, 2.75) is 33.1 Å². The van der Waals surface area contributed by atoms with Gasteiger partial charge in [0.2, 0.25) is 11.8 Å². The maximum atomic E-state index is 12.1. The highest BCUT2D eigenvalue weighted by Gasteiger charge is 2.27. The van der Waals surface area contributed by atoms with Crippen molar-refractivity contribution in [1.29, 1.82) is 0 Å². The highest BCUT2D eigenvalue weighted by molar-refractivity contribution is 5.95. The fourth-order valence-electron chi connectivity index (χ4n) is 2.66. The lowest BCUT2D eigenvalue weighted by Crippen LogP contribution is -2.49. The molecule has 0 aromatic heterocycles. The van der Waals surface area contributed by atoms with Crippen molar-refractivity contribution >= 4 is 17.7 Å². The first-order valence-electron chi connectivity index (χ1n) is 7.96. The smallest absolute Gasteiger partial charge is 0.269 e. The molecule has 1 aromatic rings. The SMILES string of the molecule is CCc1ccc(C(=O)NNC(=O)[C@@H]2CCCN(C(C)=O)C2)cc1. The monoisotopic (exact) mass is 317 g/mol. The molecule has 3 amide bonds. The standard InChI is InChI=1S/C17H23N3O3/c1-3-13-6-8-14(9-7-13)16(22)18-19-17(23)15-5-4-10-20(11-15)12(2)21/h6-9,15H,3-5,10-11H2,1-2H3,(H,18,22)(H,19,23)/t15-/m1/s1. The molecule has 1 aromatic carbocycles. The van der Waals surface area contributed by atoms with Crippen molar-refractivity contribution in [2.24, 2.45) is 5.92 Å². The van der Waals surface area contributed by atoms with E-state index in [-0.39, 0.29) is 23.6 Å². The van der Waals surface area contributed by atoms with Crippen molar-refractivity contribution in [3.63, 3.8) is 0 Å². The summed E-state index contributed by atoms with van der Waals surface area (Å²) in [6.45, 7) is 4.64. The predicted octanol–water partition coefficient (Wildman–Crippen LogP) is 1.27. The molecule has 0 saturated carbocycles. The molecule has 1 aliphatic heterocycles. The zero-order chi connectivity index (χ0) is 16.8. The second kappa shape index (κ2) is 7.76. The Labute approximate surface area is 136 Å². The zero-order valence-corrected chi connectivity index (χ0v) is 13.6. The molecule has 1 atom stereocenters. The van der Waals surface area contributed by atoms with Gasteiger partial charge in [-0.05, 0) is 37.0 Å². The summed E-state index contributed by atoms with van der Waals surface area (Å²) in [6, 6.07) is 7.25. The topological polar surface area (TPSA) is 78.5 Å². The van der Waals surface area contributed by atoms with E-state index in [9.17, 15) is 14.4 Å². The number of likely N-dealkylation sites (tertiary alicyclic amines) is 1. The minimum Gasteiger partial charge on any atom is -0.342 e. The van der Waals surface area contributed by atoms with Crippen LogP contribution in [0.25, 0.3) is 0 Å². The van der Waals surface area contributed by atoms with Crippen molar-refractivity contribution in [1.82, 2.24) is 15.8 Å². The molecular weight excluding hydrogens is 294 g/mol. The first kappa shape index (κ1) is 17.0. The molecule has 1 heterocycles. The lowest BCUT2D eigenvalue weighted by Gasteiger charge is -2.31. The van der Waals surface area contributed by atoms with E-state index >= 15 is 0 Å². The minimum atomic E-state index is -0.347. The summed E-state index contributed by atoms with van der Waals surface area (Å²) in [4.78, 5) is 37.2. The van der Waals surface area contributed by atoms with E-state index in [1.807, 2.05) is 19.1 Å². The average molecular weight is 317 g/mol. The van der Waals surface area contributed by atoms with E-state index < -0.39 is 0 Å². The van der Waals surface area contributed by atoms with Gasteiger partial charge in [-0.2, -0.15) is 0 Å². The summed E-state index contributed by atoms with van der Waals surface area (Å²) in [5.74, 6) is -0.910. The largest absolute Gasteiger partial charge is 0.342 e. The Morgan fingerprint density at radius 2 is 1.87 bits per heavy atom. The van der Waals surface area contributed by atoms with Gasteiger partial charge in [-0.3, -0.25) is 25.2 Å². The van der Waals surface area contributed by atoms with E-state index in [0.717, 1.165) is 24.8 Å². The third-order valence-corrected chi connectivity index (χ3v) is 4.16. The van der Waals surface area contributed by atoms with Crippen LogP contribution in [0.3, 0.4) is 0 Å². The van der Waals surface area contributed by atoms with Gasteiger partial charge in [0.15, 0.2) is 0 Å². The molecule has 23 heavy (non-hydrogen) atoms. The molecular formula is C17H23N3O3. The lowest BCUT2D eigenvalue weighted by atomic mass is 9.97. The van der Waals surface area contributed by atoms with Crippen LogP contribution in [-0.2, 0) is 16.0 Å². The first-order chi connectivity index (χ1) is 11.0. The van der Waals surface area contributed by atoms with Crippen molar-refractivity contribution in [2.75, 3.05) is 13.1 Å². The Morgan fingerprint density at radius 3 is 2.48 bits per heavy atom. The normalized spacial score (nSPS) is 17.5. The Morgan fingerprint density at radius 1 is 1.17 bits per heavy atom. The van der Waals surface area contributed by atoms with Gasteiger partial charge in [0.25, 0.3) is 5.91 Å². The van der Waals surface area contributed by atoms with Crippen molar-refractivity contribution in [3.8, 4) is 0 Å². The molecule has 1 saturated heterocycles. The molecule has 0 unspecified atom stereocenters. The number of nitrogens with one attached hydrogen (secondary N) is 2. The summed E-state index contributed by atoms with van der Waals surface area (Å²) in [7, 11) is 0. The van der Waals surface area contributed by atoms with Gasteiger partial charge in [0.05, 0.1) is 5.92 Å². The number of carbonyl (C=O) groups excluding carboxylic acids is 3. The number of hydrogen-bond acceptors (Lipinski definition) is 3. The van der Waals surface area contributed by atoms with Crippen LogP contribution in [0.1, 0.15) is 42.6 Å². The maximum absolute atomic E-state index is 12.1. The Hall–Kier alpha value is -2.37. The van der Waals surface area contributed by atoms with E-state index in [1.165, 1.54) is 6.92 Å². The zero-order valence-electron chi connectivity index (χ0n) is 13.6. The third kappa shape index (κ3) is 4.55. The van der Waals surface area contributed by atoms with Gasteiger partial charge < -0.3 is 4.90 Å². The number of hydrazine groups is 1. The minimum absolute atomic E-state index is 0.0254. The van der Waals surface area contributed by atoms with E-state index in [2.05, 4.69) is 10.9 Å². The number of carbonyl (C=O) groups is 3. The second-order valence-electron chi connectivity index (χ2n) is 5.80. The molecule has 6 nitrogen and oxygen atoms in total. The van der Waals surface area contributed by atoms with Crippen LogP contribution >= 0.6 is 0 Å². The molecule has 2 N–H and O–H groups in total. The predicted molar refractivity (Wildman–Crippen MR) is 86.4 cm³/mol. The number of nitrogens with zero attached hydrogens (tertiary/aromatic N) is 1. The van der Waals surface area contributed by atoms with Gasteiger partial charge >= 0.3 is 0 Å².